The molecule has 1 aromatic heterocycles. The summed E-state index contributed by atoms with van der Waals surface area (Å²) >= 11 is 3.31. The first-order valence-corrected chi connectivity index (χ1v) is 7.64. The van der Waals surface area contributed by atoms with Crippen molar-refractivity contribution in [3.63, 3.8) is 0 Å². The molecule has 0 aliphatic heterocycles. The van der Waals surface area contributed by atoms with Crippen molar-refractivity contribution in [1.29, 1.82) is 0 Å². The summed E-state index contributed by atoms with van der Waals surface area (Å²) < 4.78 is 0.889. The van der Waals surface area contributed by atoms with Crippen LogP contribution < -0.4 is 11.0 Å². The topological polar surface area (TPSA) is 74.3 Å². The quantitative estimate of drug-likeness (QED) is 0.549. The lowest BCUT2D eigenvalue weighted by atomic mass is 10.2. The van der Waals surface area contributed by atoms with Gasteiger partial charge in [0.25, 0.3) is 11.5 Å². The second-order valence-electron chi connectivity index (χ2n) is 4.85. The van der Waals surface area contributed by atoms with E-state index in [1.165, 1.54) is 6.21 Å². The van der Waals surface area contributed by atoms with Crippen molar-refractivity contribution in [1.82, 2.24) is 10.4 Å². The number of rotatable bonds is 3. The highest BCUT2D eigenvalue weighted by atomic mass is 79.9. The summed E-state index contributed by atoms with van der Waals surface area (Å²) in [5.74, 6) is -0.342. The largest absolute Gasteiger partial charge is 0.321 e. The van der Waals surface area contributed by atoms with E-state index in [4.69, 9.17) is 0 Å². The second-order valence-corrected chi connectivity index (χ2v) is 5.76. The number of H-pyrrole nitrogens is 1. The fourth-order valence-electron chi connectivity index (χ4n) is 2.09. The molecule has 0 aliphatic carbocycles. The molecular formula is C17H12BrN3O2. The number of fused-ring (bicyclic) bond motifs is 1. The van der Waals surface area contributed by atoms with Crippen LogP contribution >= 0.6 is 15.9 Å². The Bertz CT molecular complexity index is 946. The Kier molecular flexibility index (Phi) is 4.34. The summed E-state index contributed by atoms with van der Waals surface area (Å²) in [4.78, 5) is 26.6. The zero-order valence-corrected chi connectivity index (χ0v) is 13.5. The average molecular weight is 370 g/mol. The van der Waals surface area contributed by atoms with Crippen LogP contribution in [0.3, 0.4) is 0 Å². The van der Waals surface area contributed by atoms with Crippen LogP contribution in [0.1, 0.15) is 15.9 Å². The number of para-hydroxylation sites is 1. The predicted molar refractivity (Wildman–Crippen MR) is 93.8 cm³/mol. The minimum atomic E-state index is -0.342. The number of halogens is 1. The summed E-state index contributed by atoms with van der Waals surface area (Å²) in [5.41, 5.74) is 3.76. The molecule has 23 heavy (non-hydrogen) atoms. The van der Waals surface area contributed by atoms with Gasteiger partial charge < -0.3 is 4.98 Å². The number of pyridine rings is 1. The van der Waals surface area contributed by atoms with E-state index in [1.54, 1.807) is 30.3 Å². The van der Waals surface area contributed by atoms with Crippen molar-refractivity contribution in [3.8, 4) is 0 Å². The van der Waals surface area contributed by atoms with Crippen molar-refractivity contribution in [2.24, 2.45) is 5.10 Å². The van der Waals surface area contributed by atoms with E-state index in [2.05, 4.69) is 31.4 Å². The third-order valence-electron chi connectivity index (χ3n) is 3.26. The Morgan fingerprint density at radius 2 is 1.87 bits per heavy atom. The van der Waals surface area contributed by atoms with Gasteiger partial charge in [-0.15, -0.1) is 0 Å². The maximum absolute atomic E-state index is 12.0. The molecule has 3 rings (SSSR count). The first-order valence-electron chi connectivity index (χ1n) is 6.84. The second kappa shape index (κ2) is 6.58. The highest BCUT2D eigenvalue weighted by molar-refractivity contribution is 9.10. The van der Waals surface area contributed by atoms with Gasteiger partial charge in [0.05, 0.1) is 11.8 Å². The molecule has 6 heteroatoms. The van der Waals surface area contributed by atoms with Crippen molar-refractivity contribution < 1.29 is 4.79 Å². The third-order valence-corrected chi connectivity index (χ3v) is 3.79. The van der Waals surface area contributed by atoms with Gasteiger partial charge in [-0.1, -0.05) is 34.1 Å². The van der Waals surface area contributed by atoms with Crippen LogP contribution in [-0.4, -0.2) is 17.1 Å². The van der Waals surface area contributed by atoms with Gasteiger partial charge in [-0.05, 0) is 41.8 Å². The molecule has 114 valence electrons. The molecule has 0 saturated carbocycles. The van der Waals surface area contributed by atoms with Crippen LogP contribution in [0.5, 0.6) is 0 Å². The molecule has 0 radical (unpaired) electrons. The lowest BCUT2D eigenvalue weighted by Crippen LogP contribution is -2.19. The van der Waals surface area contributed by atoms with Crippen LogP contribution in [0, 0.1) is 0 Å². The number of nitrogens with one attached hydrogen (secondary N) is 2. The maximum Gasteiger partial charge on any atom is 0.271 e. The number of carbonyl (C=O) groups is 1. The van der Waals surface area contributed by atoms with Gasteiger partial charge in [-0.2, -0.15) is 5.10 Å². The van der Waals surface area contributed by atoms with Crippen molar-refractivity contribution in [3.05, 3.63) is 80.6 Å². The van der Waals surface area contributed by atoms with Crippen LogP contribution in [0.2, 0.25) is 0 Å². The summed E-state index contributed by atoms with van der Waals surface area (Å²) in [7, 11) is 0. The van der Waals surface area contributed by atoms with E-state index in [-0.39, 0.29) is 11.5 Å². The van der Waals surface area contributed by atoms with Crippen molar-refractivity contribution in [2.45, 2.75) is 0 Å². The number of aromatic nitrogens is 1. The Labute approximate surface area is 140 Å². The lowest BCUT2D eigenvalue weighted by molar-refractivity contribution is 0.0955. The molecule has 2 N–H and O–H groups in total. The summed E-state index contributed by atoms with van der Waals surface area (Å²) in [6.07, 6.45) is 1.34. The third kappa shape index (κ3) is 3.54. The molecular weight excluding hydrogens is 358 g/mol. The molecule has 2 aromatic carbocycles. The zero-order chi connectivity index (χ0) is 16.2. The van der Waals surface area contributed by atoms with E-state index < -0.39 is 0 Å². The summed E-state index contributed by atoms with van der Waals surface area (Å²) in [6.45, 7) is 0. The van der Waals surface area contributed by atoms with E-state index in [0.717, 1.165) is 15.4 Å². The average Bonchev–Trinajstić information content (AvgIpc) is 2.56. The van der Waals surface area contributed by atoms with Gasteiger partial charge in [0.15, 0.2) is 0 Å². The first-order chi connectivity index (χ1) is 11.1. The standard InChI is InChI=1S/C17H12BrN3O2/c18-14-7-5-11(6-8-14)17(23)21-19-10-13-9-12-3-1-2-4-15(12)20-16(13)22/h1-10H,(H,20,22)(H,21,23)/b19-10+. The Morgan fingerprint density at radius 3 is 2.65 bits per heavy atom. The van der Waals surface area contributed by atoms with Crippen LogP contribution in [0.25, 0.3) is 10.9 Å². The molecule has 3 aromatic rings. The lowest BCUT2D eigenvalue weighted by Gasteiger charge is -2.01. The summed E-state index contributed by atoms with van der Waals surface area (Å²) in [5, 5.41) is 4.75. The van der Waals surface area contributed by atoms with Crippen LogP contribution in [0.15, 0.2) is 69.0 Å². The van der Waals surface area contributed by atoms with Gasteiger partial charge in [0.2, 0.25) is 0 Å². The van der Waals surface area contributed by atoms with Gasteiger partial charge >= 0.3 is 0 Å². The number of hydrazone groups is 1. The molecule has 0 saturated heterocycles. The molecule has 0 fully saturated rings. The fraction of sp³-hybridized carbons (Fsp3) is 0. The molecule has 5 nitrogen and oxygen atoms in total. The number of carbonyl (C=O) groups excluding carboxylic acids is 1. The first kappa shape index (κ1) is 15.2. The molecule has 1 heterocycles. The van der Waals surface area contributed by atoms with E-state index in [0.29, 0.717) is 11.1 Å². The normalized spacial score (nSPS) is 11.0. The Morgan fingerprint density at radius 1 is 1.13 bits per heavy atom. The minimum absolute atomic E-state index is 0.259. The molecule has 0 spiro atoms. The number of nitrogens with zero attached hydrogens (tertiary/aromatic N) is 1. The van der Waals surface area contributed by atoms with E-state index in [9.17, 15) is 9.59 Å². The van der Waals surface area contributed by atoms with Crippen LogP contribution in [-0.2, 0) is 0 Å². The predicted octanol–water partition coefficient (Wildman–Crippen LogP) is 3.05. The van der Waals surface area contributed by atoms with Gasteiger partial charge in [-0.25, -0.2) is 5.43 Å². The smallest absolute Gasteiger partial charge is 0.271 e. The zero-order valence-electron chi connectivity index (χ0n) is 11.9. The molecule has 0 bridgehead atoms. The number of aromatic amines is 1. The van der Waals surface area contributed by atoms with Crippen LogP contribution in [0.4, 0.5) is 0 Å². The van der Waals surface area contributed by atoms with E-state index >= 15 is 0 Å². The number of amides is 1. The SMILES string of the molecule is O=C(N/N=C/c1cc2ccccc2[nH]c1=O)c1ccc(Br)cc1. The minimum Gasteiger partial charge on any atom is -0.321 e. The highest BCUT2D eigenvalue weighted by Crippen LogP contribution is 2.10. The molecule has 1 amide bonds. The summed E-state index contributed by atoms with van der Waals surface area (Å²) in [6, 6.07) is 16.1. The van der Waals surface area contributed by atoms with Gasteiger partial charge in [0.1, 0.15) is 0 Å². The fourth-order valence-corrected chi connectivity index (χ4v) is 2.35. The Balaban J connectivity index is 1.77. The highest BCUT2D eigenvalue weighted by Gasteiger charge is 2.04. The van der Waals surface area contributed by atoms with Gasteiger partial charge in [-0.3, -0.25) is 9.59 Å². The van der Waals surface area contributed by atoms with Crippen molar-refractivity contribution in [2.75, 3.05) is 0 Å². The van der Waals surface area contributed by atoms with E-state index in [1.807, 2.05) is 24.3 Å². The van der Waals surface area contributed by atoms with Crippen molar-refractivity contribution >= 4 is 39.0 Å². The molecule has 0 unspecified atom stereocenters. The number of hydrogen-bond donors (Lipinski definition) is 2. The number of benzene rings is 2. The molecule has 0 atom stereocenters. The molecule has 0 aliphatic rings. The monoisotopic (exact) mass is 369 g/mol. The Hall–Kier alpha value is -2.73. The van der Waals surface area contributed by atoms with Gasteiger partial charge in [0, 0.05) is 15.6 Å². The number of hydrogen-bond acceptors (Lipinski definition) is 3. The maximum atomic E-state index is 12.0.